The van der Waals surface area contributed by atoms with Gasteiger partial charge >= 0.3 is 0 Å². The summed E-state index contributed by atoms with van der Waals surface area (Å²) in [5.74, 6) is 2.39. The smallest absolute Gasteiger partial charge is 0.133 e. The molecule has 3 aliphatic rings. The van der Waals surface area contributed by atoms with Gasteiger partial charge in [0.2, 0.25) is 0 Å². The SMILES string of the molecule is CC(C)=CCCC1(C)C=Cc2c(c(C)cc3c2[nH]c2cc(O)c(-c4cc5c([nH]c6c7c(c(C)cc65)OC(C)(CCC=C(C)C)C=C7)c(-c5cc6c(cc5O)[nH]c5c7c(c(C)cc56)OC(C)(CCC=C(C)C)C=C7)c4O)cc23)O1. The summed E-state index contributed by atoms with van der Waals surface area (Å²) in [4.78, 5) is 11.0. The molecule has 0 saturated carbocycles. The third-order valence-electron chi connectivity index (χ3n) is 16.7. The zero-order valence-corrected chi connectivity index (χ0v) is 47.1. The number of fused-ring (bicyclic) bond motifs is 15. The second-order valence-corrected chi connectivity index (χ2v) is 24.1. The third-order valence-corrected chi connectivity index (χ3v) is 16.7. The molecule has 3 unspecified atom stereocenters. The van der Waals surface area contributed by atoms with Crippen molar-refractivity contribution in [3.05, 3.63) is 135 Å². The van der Waals surface area contributed by atoms with Crippen molar-refractivity contribution in [2.45, 2.75) is 138 Å². The highest BCUT2D eigenvalue weighted by Gasteiger charge is 2.34. The van der Waals surface area contributed by atoms with Crippen molar-refractivity contribution in [3.8, 4) is 56.8 Å². The number of aromatic hydroxyl groups is 3. The first-order chi connectivity index (χ1) is 37.1. The molecule has 0 bridgehead atoms. The van der Waals surface area contributed by atoms with E-state index >= 15 is 0 Å². The molecule has 3 aromatic heterocycles. The molecule has 9 nitrogen and oxygen atoms in total. The van der Waals surface area contributed by atoms with E-state index in [2.05, 4.69) is 171 Å². The number of hydrogen-bond acceptors (Lipinski definition) is 6. The summed E-state index contributed by atoms with van der Waals surface area (Å²) >= 11 is 0. The lowest BCUT2D eigenvalue weighted by Gasteiger charge is -2.32. The number of phenolic OH excluding ortho intramolecular Hbond substituents is 3. The van der Waals surface area contributed by atoms with Gasteiger partial charge in [0.1, 0.15) is 51.3 Å². The number of benzene rings is 6. The molecule has 0 amide bonds. The van der Waals surface area contributed by atoms with Crippen LogP contribution in [0.1, 0.15) is 134 Å². The highest BCUT2D eigenvalue weighted by atomic mass is 16.5. The van der Waals surface area contributed by atoms with Gasteiger partial charge in [0.05, 0.1) is 38.7 Å². The zero-order valence-electron chi connectivity index (χ0n) is 47.1. The molecular formula is C69H71N3O6. The van der Waals surface area contributed by atoms with Gasteiger partial charge < -0.3 is 44.5 Å². The monoisotopic (exact) mass is 1040 g/mol. The van der Waals surface area contributed by atoms with Gasteiger partial charge in [0, 0.05) is 77.8 Å². The second kappa shape index (κ2) is 18.3. The lowest BCUT2D eigenvalue weighted by molar-refractivity contribution is 0.127. The molecule has 12 rings (SSSR count). The lowest BCUT2D eigenvalue weighted by Crippen LogP contribution is -2.32. The van der Waals surface area contributed by atoms with E-state index in [4.69, 9.17) is 14.2 Å². The topological polar surface area (TPSA) is 136 Å². The standard InChI is InChI=1S/C69H71N3O6/c1-36(2)16-13-22-67(10)25-19-42-59-48(28-39(7)64(42)76-67)45-31-47(56(73)34-54(45)70-59)52-33-51-50-30-41(9)66-44(21-27-69(12,78-66)24-15-18-38(5)6)61(50)72-62(51)58(63(52)75)53-32-46-49-29-40(8)65-43(60(49)71-55(46)35-57(53)74)20-26-68(11,77-65)23-14-17-37(3)4/h16-21,25-35,70-75H,13-15,22-24H2,1-12H3. The Balaban J connectivity index is 1.05. The van der Waals surface area contributed by atoms with E-state index in [1.807, 2.05) is 18.2 Å². The van der Waals surface area contributed by atoms with E-state index in [1.165, 1.54) is 16.7 Å². The molecule has 3 aliphatic heterocycles. The Morgan fingerprint density at radius 3 is 1.19 bits per heavy atom. The maximum Gasteiger partial charge on any atom is 0.133 e. The molecule has 9 aromatic rings. The van der Waals surface area contributed by atoms with Crippen LogP contribution in [-0.2, 0) is 0 Å². The Bertz CT molecular complexity index is 4250. The molecule has 0 fully saturated rings. The van der Waals surface area contributed by atoms with Crippen LogP contribution in [0.5, 0.6) is 34.5 Å². The van der Waals surface area contributed by atoms with Crippen LogP contribution in [-0.4, -0.2) is 47.1 Å². The predicted molar refractivity (Wildman–Crippen MR) is 325 cm³/mol. The molecule has 0 saturated heterocycles. The van der Waals surface area contributed by atoms with Crippen LogP contribution in [0.4, 0.5) is 0 Å². The highest BCUT2D eigenvalue weighted by molar-refractivity contribution is 6.20. The zero-order chi connectivity index (χ0) is 54.9. The Morgan fingerprint density at radius 1 is 0.436 bits per heavy atom. The number of rotatable bonds is 11. The van der Waals surface area contributed by atoms with Crippen molar-refractivity contribution in [3.63, 3.8) is 0 Å². The van der Waals surface area contributed by atoms with Gasteiger partial charge in [-0.1, -0.05) is 34.9 Å². The predicted octanol–water partition coefficient (Wildman–Crippen LogP) is 18.7. The molecule has 9 heteroatoms. The molecule has 6 aromatic carbocycles. The van der Waals surface area contributed by atoms with Crippen molar-refractivity contribution in [1.29, 1.82) is 0 Å². The van der Waals surface area contributed by atoms with Crippen molar-refractivity contribution < 1.29 is 29.5 Å². The first kappa shape index (κ1) is 50.8. The van der Waals surface area contributed by atoms with Crippen LogP contribution in [0.25, 0.3) is 106 Å². The van der Waals surface area contributed by atoms with Crippen LogP contribution in [0, 0.1) is 20.8 Å². The van der Waals surface area contributed by atoms with E-state index in [0.717, 1.165) is 149 Å². The number of nitrogens with one attached hydrogen (secondary N) is 3. The Kier molecular flexibility index (Phi) is 11.9. The summed E-state index contributed by atoms with van der Waals surface area (Å²) in [6, 6.07) is 15.9. The first-order valence-corrected chi connectivity index (χ1v) is 27.6. The molecular weight excluding hydrogens is 967 g/mol. The summed E-state index contributed by atoms with van der Waals surface area (Å²) < 4.78 is 20.6. The van der Waals surface area contributed by atoms with Gasteiger partial charge in [-0.25, -0.2) is 0 Å². The van der Waals surface area contributed by atoms with Crippen molar-refractivity contribution in [1.82, 2.24) is 15.0 Å². The number of ether oxygens (including phenoxy) is 3. The van der Waals surface area contributed by atoms with Gasteiger partial charge in [-0.15, -0.1) is 0 Å². The van der Waals surface area contributed by atoms with Gasteiger partial charge in [-0.05, 0) is 211 Å². The van der Waals surface area contributed by atoms with Crippen LogP contribution < -0.4 is 14.2 Å². The van der Waals surface area contributed by atoms with Gasteiger partial charge in [0.25, 0.3) is 0 Å². The maximum atomic E-state index is 13.1. The second-order valence-electron chi connectivity index (χ2n) is 24.1. The summed E-state index contributed by atoms with van der Waals surface area (Å²) in [5.41, 5.74) is 14.8. The molecule has 6 heterocycles. The normalized spacial score (nSPS) is 19.3. The average molecular weight is 1040 g/mol. The molecule has 0 radical (unpaired) electrons. The Morgan fingerprint density at radius 2 is 0.782 bits per heavy atom. The van der Waals surface area contributed by atoms with Crippen molar-refractivity contribution in [2.24, 2.45) is 0 Å². The van der Waals surface area contributed by atoms with Crippen LogP contribution in [0.2, 0.25) is 0 Å². The molecule has 398 valence electrons. The summed E-state index contributed by atoms with van der Waals surface area (Å²) in [6.45, 7) is 25.4. The van der Waals surface area contributed by atoms with E-state index in [0.29, 0.717) is 27.8 Å². The molecule has 0 aliphatic carbocycles. The third kappa shape index (κ3) is 8.44. The number of hydrogen-bond donors (Lipinski definition) is 6. The van der Waals surface area contributed by atoms with Gasteiger partial charge in [-0.3, -0.25) is 0 Å². The summed E-state index contributed by atoms with van der Waals surface area (Å²) in [5, 5.41) is 43.3. The fraction of sp³-hybridized carbons (Fsp3) is 0.304. The molecule has 78 heavy (non-hydrogen) atoms. The van der Waals surface area contributed by atoms with E-state index in [9.17, 15) is 15.3 Å². The largest absolute Gasteiger partial charge is 0.507 e. The number of aromatic amines is 3. The van der Waals surface area contributed by atoms with Gasteiger partial charge in [-0.2, -0.15) is 0 Å². The summed E-state index contributed by atoms with van der Waals surface area (Å²) in [6.07, 6.45) is 25.0. The van der Waals surface area contributed by atoms with E-state index < -0.39 is 16.8 Å². The van der Waals surface area contributed by atoms with E-state index in [-0.39, 0.29) is 17.2 Å². The molecule has 6 N–H and O–H groups in total. The van der Waals surface area contributed by atoms with Gasteiger partial charge in [0.15, 0.2) is 0 Å². The molecule has 0 spiro atoms. The fourth-order valence-electron chi connectivity index (χ4n) is 12.4. The number of allylic oxidation sites excluding steroid dienone is 6. The van der Waals surface area contributed by atoms with Crippen LogP contribution in [0.3, 0.4) is 0 Å². The average Bonchev–Trinajstić information content (AvgIpc) is 4.20. The number of phenols is 3. The highest BCUT2D eigenvalue weighted by Crippen LogP contribution is 2.54. The van der Waals surface area contributed by atoms with E-state index in [1.54, 1.807) is 12.1 Å². The van der Waals surface area contributed by atoms with Crippen molar-refractivity contribution in [2.75, 3.05) is 0 Å². The fourth-order valence-corrected chi connectivity index (χ4v) is 12.4. The molecule has 3 atom stereocenters. The minimum atomic E-state index is -0.503. The lowest BCUT2D eigenvalue weighted by atomic mass is 9.90. The summed E-state index contributed by atoms with van der Waals surface area (Å²) in [7, 11) is 0. The minimum Gasteiger partial charge on any atom is -0.507 e. The Hall–Kier alpha value is -8.04. The van der Waals surface area contributed by atoms with Crippen LogP contribution in [0.15, 0.2) is 102 Å². The maximum absolute atomic E-state index is 13.1. The Labute approximate surface area is 456 Å². The number of aromatic nitrogens is 3. The van der Waals surface area contributed by atoms with Crippen molar-refractivity contribution >= 4 is 83.6 Å². The number of H-pyrrole nitrogens is 3. The first-order valence-electron chi connectivity index (χ1n) is 27.6. The minimum absolute atomic E-state index is 0.00381. The van der Waals surface area contributed by atoms with Crippen LogP contribution >= 0.6 is 0 Å². The quantitative estimate of drug-likeness (QED) is 0.0714. The number of aryl methyl sites for hydroxylation is 3.